The van der Waals surface area contributed by atoms with Crippen LogP contribution < -0.4 is 5.73 Å². The third kappa shape index (κ3) is 3.72. The molecule has 5 heteroatoms. The molecule has 0 bridgehead atoms. The third-order valence-electron chi connectivity index (χ3n) is 3.71. The molecule has 98 valence electrons. The molecule has 5 nitrogen and oxygen atoms in total. The number of carbonyl (C=O) groups is 1. The summed E-state index contributed by atoms with van der Waals surface area (Å²) in [5.74, 6) is 0.0330. The molecule has 0 saturated heterocycles. The molecule has 2 N–H and O–H groups in total. The highest BCUT2D eigenvalue weighted by molar-refractivity contribution is 5.77. The fraction of sp³-hybridized carbons (Fsp3) is 0.769. The summed E-state index contributed by atoms with van der Waals surface area (Å²) in [6.45, 7) is 1.37. The van der Waals surface area contributed by atoms with Crippen molar-refractivity contribution in [1.29, 1.82) is 10.5 Å². The van der Waals surface area contributed by atoms with E-state index < -0.39 is 0 Å². The monoisotopic (exact) mass is 248 g/mol. The van der Waals surface area contributed by atoms with Crippen molar-refractivity contribution in [3.63, 3.8) is 0 Å². The van der Waals surface area contributed by atoms with Crippen molar-refractivity contribution in [1.82, 2.24) is 4.90 Å². The highest BCUT2D eigenvalue weighted by Crippen LogP contribution is 2.43. The summed E-state index contributed by atoms with van der Waals surface area (Å²) < 4.78 is 0. The van der Waals surface area contributed by atoms with E-state index in [4.69, 9.17) is 16.3 Å². The van der Waals surface area contributed by atoms with Crippen molar-refractivity contribution in [2.24, 2.45) is 11.1 Å². The van der Waals surface area contributed by atoms with Crippen molar-refractivity contribution >= 4 is 5.91 Å². The van der Waals surface area contributed by atoms with Crippen LogP contribution in [0.1, 0.15) is 38.5 Å². The minimum absolute atomic E-state index is 0.0192. The molecule has 18 heavy (non-hydrogen) atoms. The minimum Gasteiger partial charge on any atom is -0.341 e. The van der Waals surface area contributed by atoms with Crippen molar-refractivity contribution in [2.75, 3.05) is 19.6 Å². The molecular formula is C13H20N4O. The molecule has 0 aromatic rings. The van der Waals surface area contributed by atoms with Crippen molar-refractivity contribution in [3.8, 4) is 12.1 Å². The van der Waals surface area contributed by atoms with Gasteiger partial charge in [-0.05, 0) is 24.8 Å². The van der Waals surface area contributed by atoms with Crippen molar-refractivity contribution < 1.29 is 4.79 Å². The quantitative estimate of drug-likeness (QED) is 0.731. The normalized spacial score (nSPS) is 16.2. The van der Waals surface area contributed by atoms with Crippen LogP contribution in [0.15, 0.2) is 0 Å². The Kier molecular flexibility index (Phi) is 5.61. The molecule has 0 spiro atoms. The van der Waals surface area contributed by atoms with Gasteiger partial charge in [-0.1, -0.05) is 6.42 Å². The molecule has 1 saturated carbocycles. The fourth-order valence-corrected chi connectivity index (χ4v) is 2.29. The van der Waals surface area contributed by atoms with Gasteiger partial charge in [0.2, 0.25) is 5.91 Å². The maximum Gasteiger partial charge on any atom is 0.223 e. The summed E-state index contributed by atoms with van der Waals surface area (Å²) in [7, 11) is 0. The van der Waals surface area contributed by atoms with Crippen LogP contribution >= 0.6 is 0 Å². The van der Waals surface area contributed by atoms with E-state index in [1.165, 1.54) is 0 Å². The lowest BCUT2D eigenvalue weighted by Crippen LogP contribution is -2.43. The Bertz CT molecular complexity index is 339. The maximum absolute atomic E-state index is 12.2. The number of nitrogens with two attached hydrogens (primary N) is 1. The minimum atomic E-state index is -0.0192. The number of nitrogens with zero attached hydrogens (tertiary/aromatic N) is 3. The van der Waals surface area contributed by atoms with E-state index in [0.717, 1.165) is 19.3 Å². The molecule has 1 amide bonds. The first kappa shape index (κ1) is 14.5. The van der Waals surface area contributed by atoms with E-state index in [9.17, 15) is 4.79 Å². The summed E-state index contributed by atoms with van der Waals surface area (Å²) in [6, 6.07) is 4.07. The van der Waals surface area contributed by atoms with Gasteiger partial charge in [0.05, 0.1) is 25.0 Å². The first-order valence-electron chi connectivity index (χ1n) is 6.39. The van der Waals surface area contributed by atoms with Gasteiger partial charge in [-0.3, -0.25) is 4.79 Å². The van der Waals surface area contributed by atoms with Gasteiger partial charge in [-0.25, -0.2) is 0 Å². The van der Waals surface area contributed by atoms with Crippen LogP contribution in [0, 0.1) is 28.1 Å². The Morgan fingerprint density at radius 1 is 1.22 bits per heavy atom. The zero-order chi connectivity index (χ0) is 13.4. The van der Waals surface area contributed by atoms with Gasteiger partial charge in [0.15, 0.2) is 0 Å². The largest absolute Gasteiger partial charge is 0.341 e. The molecular weight excluding hydrogens is 228 g/mol. The second kappa shape index (κ2) is 6.98. The van der Waals surface area contributed by atoms with Crippen LogP contribution in [0.5, 0.6) is 0 Å². The van der Waals surface area contributed by atoms with Gasteiger partial charge in [-0.2, -0.15) is 10.5 Å². The molecule has 1 fully saturated rings. The van der Waals surface area contributed by atoms with E-state index >= 15 is 0 Å². The Hall–Kier alpha value is -1.59. The number of hydrogen-bond acceptors (Lipinski definition) is 4. The highest BCUT2D eigenvalue weighted by atomic mass is 16.2. The number of rotatable bonds is 7. The highest BCUT2D eigenvalue weighted by Gasteiger charge is 2.38. The van der Waals surface area contributed by atoms with Crippen molar-refractivity contribution in [2.45, 2.75) is 38.5 Å². The summed E-state index contributed by atoms with van der Waals surface area (Å²) in [5.41, 5.74) is 5.72. The Morgan fingerprint density at radius 2 is 1.78 bits per heavy atom. The molecule has 1 aliphatic rings. The molecule has 0 heterocycles. The van der Waals surface area contributed by atoms with E-state index in [1.807, 2.05) is 12.1 Å². The zero-order valence-corrected chi connectivity index (χ0v) is 10.7. The number of nitriles is 2. The van der Waals surface area contributed by atoms with Gasteiger partial charge in [-0.15, -0.1) is 0 Å². The lowest BCUT2D eigenvalue weighted by molar-refractivity contribution is -0.135. The fourth-order valence-electron chi connectivity index (χ4n) is 2.29. The first-order valence-corrected chi connectivity index (χ1v) is 6.39. The van der Waals surface area contributed by atoms with Gasteiger partial charge in [0.25, 0.3) is 0 Å². The summed E-state index contributed by atoms with van der Waals surface area (Å²) in [4.78, 5) is 13.8. The number of amides is 1. The third-order valence-corrected chi connectivity index (χ3v) is 3.71. The summed E-state index contributed by atoms with van der Waals surface area (Å²) >= 11 is 0. The molecule has 1 aliphatic carbocycles. The topological polar surface area (TPSA) is 93.9 Å². The van der Waals surface area contributed by atoms with Crippen LogP contribution in [-0.4, -0.2) is 30.4 Å². The van der Waals surface area contributed by atoms with E-state index in [0.29, 0.717) is 38.9 Å². The van der Waals surface area contributed by atoms with Crippen molar-refractivity contribution in [3.05, 3.63) is 0 Å². The molecule has 1 rings (SSSR count). The van der Waals surface area contributed by atoms with Gasteiger partial charge >= 0.3 is 0 Å². The number of carbonyl (C=O) groups excluding carboxylic acids is 1. The van der Waals surface area contributed by atoms with Gasteiger partial charge < -0.3 is 10.6 Å². The van der Waals surface area contributed by atoms with Crippen LogP contribution in [0.25, 0.3) is 0 Å². The number of hydrogen-bond donors (Lipinski definition) is 1. The average molecular weight is 248 g/mol. The molecule has 0 atom stereocenters. The molecule has 0 unspecified atom stereocenters. The van der Waals surface area contributed by atoms with E-state index in [1.54, 1.807) is 4.90 Å². The Labute approximate surface area is 108 Å². The Morgan fingerprint density at radius 3 is 2.11 bits per heavy atom. The van der Waals surface area contributed by atoms with E-state index in [2.05, 4.69) is 0 Å². The smallest absolute Gasteiger partial charge is 0.223 e. The standard InChI is InChI=1S/C13H20N4O/c14-6-2-8-17(9-3-7-15)12(18)10-13(11-16)4-1-5-13/h1-5,8-11,16H2. The van der Waals surface area contributed by atoms with Crippen LogP contribution in [0.2, 0.25) is 0 Å². The van der Waals surface area contributed by atoms with Gasteiger partial charge in [0.1, 0.15) is 0 Å². The molecule has 0 aromatic heterocycles. The summed E-state index contributed by atoms with van der Waals surface area (Å²) in [6.07, 6.45) is 4.25. The summed E-state index contributed by atoms with van der Waals surface area (Å²) in [5, 5.41) is 17.2. The maximum atomic E-state index is 12.2. The molecule has 0 radical (unpaired) electrons. The van der Waals surface area contributed by atoms with Gasteiger partial charge in [0, 0.05) is 19.5 Å². The molecule has 0 aliphatic heterocycles. The Balaban J connectivity index is 2.52. The first-order chi connectivity index (χ1) is 8.67. The lowest BCUT2D eigenvalue weighted by Gasteiger charge is -2.41. The second-order valence-corrected chi connectivity index (χ2v) is 4.93. The predicted molar refractivity (Wildman–Crippen MR) is 67.0 cm³/mol. The molecule has 0 aromatic carbocycles. The van der Waals surface area contributed by atoms with E-state index in [-0.39, 0.29) is 11.3 Å². The SMILES string of the molecule is N#CCCN(CCC#N)C(=O)CC1(CN)CCC1. The second-order valence-electron chi connectivity index (χ2n) is 4.93. The zero-order valence-electron chi connectivity index (χ0n) is 10.7. The average Bonchev–Trinajstić information content (AvgIpc) is 2.33. The lowest BCUT2D eigenvalue weighted by atomic mass is 9.66. The van der Waals surface area contributed by atoms with Crippen LogP contribution in [0.4, 0.5) is 0 Å². The van der Waals surface area contributed by atoms with Crippen LogP contribution in [-0.2, 0) is 4.79 Å². The van der Waals surface area contributed by atoms with Crippen LogP contribution in [0.3, 0.4) is 0 Å². The predicted octanol–water partition coefficient (Wildman–Crippen LogP) is 1.16.